The molecule has 176 valence electrons. The van der Waals surface area contributed by atoms with Crippen LogP contribution < -0.4 is 0 Å². The van der Waals surface area contributed by atoms with E-state index in [1.54, 1.807) is 0 Å². The number of hydrogen-bond donors (Lipinski definition) is 1. The van der Waals surface area contributed by atoms with Gasteiger partial charge in [-0.3, -0.25) is 0 Å². The van der Waals surface area contributed by atoms with E-state index in [4.69, 9.17) is 18.6 Å². The summed E-state index contributed by atoms with van der Waals surface area (Å²) in [5, 5.41) is 11.3. The second-order valence-electron chi connectivity index (χ2n) is 10.1. The van der Waals surface area contributed by atoms with E-state index in [1.165, 1.54) is 0 Å². The molecular formula is C26H38O5Si. The smallest absolute Gasteiger partial charge is 0.195 e. The summed E-state index contributed by atoms with van der Waals surface area (Å²) in [4.78, 5) is 0. The third-order valence-corrected chi connectivity index (χ3v) is 11.0. The molecule has 0 amide bonds. The Balaban J connectivity index is 1.77. The molecule has 2 aromatic rings. The van der Waals surface area contributed by atoms with E-state index in [1.807, 2.05) is 67.6 Å². The van der Waals surface area contributed by atoms with Gasteiger partial charge >= 0.3 is 0 Å². The minimum absolute atomic E-state index is 0.000365. The van der Waals surface area contributed by atoms with Crippen molar-refractivity contribution >= 4 is 8.32 Å². The summed E-state index contributed by atoms with van der Waals surface area (Å²) >= 11 is 0. The van der Waals surface area contributed by atoms with E-state index in [0.717, 1.165) is 11.1 Å². The highest BCUT2D eigenvalue weighted by Gasteiger charge is 2.49. The Kier molecular flexibility index (Phi) is 8.30. The van der Waals surface area contributed by atoms with Crippen LogP contribution >= 0.6 is 0 Å². The molecule has 0 bridgehead atoms. The maximum atomic E-state index is 11.3. The van der Waals surface area contributed by atoms with Crippen molar-refractivity contribution in [3.63, 3.8) is 0 Å². The first-order chi connectivity index (χ1) is 15.1. The number of rotatable bonds is 8. The lowest BCUT2D eigenvalue weighted by Gasteiger charge is -2.47. The maximum absolute atomic E-state index is 11.3. The van der Waals surface area contributed by atoms with Crippen LogP contribution in [-0.4, -0.2) is 44.1 Å². The van der Waals surface area contributed by atoms with Gasteiger partial charge in [0, 0.05) is 0 Å². The molecule has 5 atom stereocenters. The molecule has 0 unspecified atom stereocenters. The maximum Gasteiger partial charge on any atom is 0.195 e. The molecule has 0 aromatic heterocycles. The van der Waals surface area contributed by atoms with Gasteiger partial charge in [0.1, 0.15) is 18.3 Å². The second-order valence-corrected chi connectivity index (χ2v) is 14.9. The molecule has 32 heavy (non-hydrogen) atoms. The van der Waals surface area contributed by atoms with Crippen molar-refractivity contribution in [1.82, 2.24) is 0 Å². The first-order valence-corrected chi connectivity index (χ1v) is 14.3. The first kappa shape index (κ1) is 25.1. The molecule has 1 aliphatic rings. The van der Waals surface area contributed by atoms with Crippen molar-refractivity contribution in [2.24, 2.45) is 0 Å². The molecule has 0 radical (unpaired) electrons. The van der Waals surface area contributed by atoms with E-state index in [9.17, 15) is 5.11 Å². The van der Waals surface area contributed by atoms with Crippen molar-refractivity contribution in [2.45, 2.75) is 89.7 Å². The number of aliphatic hydroxyl groups is 1. The molecule has 5 nitrogen and oxygen atoms in total. The Morgan fingerprint density at radius 1 is 0.844 bits per heavy atom. The van der Waals surface area contributed by atoms with E-state index in [0.29, 0.717) is 13.2 Å². The van der Waals surface area contributed by atoms with Gasteiger partial charge in [-0.25, -0.2) is 0 Å². The Labute approximate surface area is 193 Å². The Bertz CT molecular complexity index is 821. The monoisotopic (exact) mass is 458 g/mol. The standard InChI is InChI=1S/C26H38O5Si/c1-19-23(28-17-20-13-9-7-10-14-20)24(29-18-21-15-11-8-12-16-21)22(27)25(30-19)31-32(5,6)26(2,3)4/h7-16,19,22-25,27H,17-18H2,1-6H3/t19-,22-,23-,24-,25+/m1/s1. The average molecular weight is 459 g/mol. The highest BCUT2D eigenvalue weighted by molar-refractivity contribution is 6.74. The zero-order chi connectivity index (χ0) is 23.4. The molecule has 6 heteroatoms. The fourth-order valence-corrected chi connectivity index (χ4v) is 4.64. The van der Waals surface area contributed by atoms with Crippen molar-refractivity contribution in [3.05, 3.63) is 71.8 Å². The van der Waals surface area contributed by atoms with E-state index >= 15 is 0 Å². The van der Waals surface area contributed by atoms with Gasteiger partial charge in [-0.1, -0.05) is 81.4 Å². The van der Waals surface area contributed by atoms with Gasteiger partial charge in [0.2, 0.25) is 0 Å². The fraction of sp³-hybridized carbons (Fsp3) is 0.538. The van der Waals surface area contributed by atoms with Crippen molar-refractivity contribution in [2.75, 3.05) is 0 Å². The number of hydrogen-bond acceptors (Lipinski definition) is 5. The van der Waals surface area contributed by atoms with Gasteiger partial charge in [0.15, 0.2) is 14.6 Å². The molecular weight excluding hydrogens is 420 g/mol. The van der Waals surface area contributed by atoms with E-state index < -0.39 is 32.9 Å². The Morgan fingerprint density at radius 3 is 1.78 bits per heavy atom. The van der Waals surface area contributed by atoms with Gasteiger partial charge in [0.25, 0.3) is 0 Å². The molecule has 1 heterocycles. The van der Waals surface area contributed by atoms with Gasteiger partial charge in [0.05, 0.1) is 19.3 Å². The first-order valence-electron chi connectivity index (χ1n) is 11.4. The second kappa shape index (κ2) is 10.6. The summed E-state index contributed by atoms with van der Waals surface area (Å²) in [6.45, 7) is 13.6. The number of aliphatic hydroxyl groups excluding tert-OH is 1. The summed E-state index contributed by atoms with van der Waals surface area (Å²) in [5.74, 6) is 0. The minimum Gasteiger partial charge on any atom is -0.390 e. The highest BCUT2D eigenvalue weighted by atomic mass is 28.4. The van der Waals surface area contributed by atoms with Gasteiger partial charge in [-0.05, 0) is 36.2 Å². The topological polar surface area (TPSA) is 57.2 Å². The third-order valence-electron chi connectivity index (χ3n) is 6.54. The summed E-state index contributed by atoms with van der Waals surface area (Å²) in [6.07, 6.45) is -2.99. The van der Waals surface area contributed by atoms with Gasteiger partial charge < -0.3 is 23.7 Å². The molecule has 1 N–H and O–H groups in total. The predicted octanol–water partition coefficient (Wildman–Crippen LogP) is 5.28. The lowest BCUT2D eigenvalue weighted by atomic mass is 9.99. The summed E-state index contributed by atoms with van der Waals surface area (Å²) in [7, 11) is -2.15. The van der Waals surface area contributed by atoms with Crippen LogP contribution in [-0.2, 0) is 31.9 Å². The van der Waals surface area contributed by atoms with E-state index in [-0.39, 0.29) is 11.1 Å². The van der Waals surface area contributed by atoms with Crippen LogP contribution in [0.1, 0.15) is 38.8 Å². The van der Waals surface area contributed by atoms with Crippen LogP contribution in [0.3, 0.4) is 0 Å². The largest absolute Gasteiger partial charge is 0.390 e. The third kappa shape index (κ3) is 6.28. The molecule has 0 spiro atoms. The Hall–Kier alpha value is -1.54. The molecule has 0 aliphatic carbocycles. The van der Waals surface area contributed by atoms with Gasteiger partial charge in [-0.2, -0.15) is 0 Å². The van der Waals surface area contributed by atoms with Crippen molar-refractivity contribution < 1.29 is 23.7 Å². The van der Waals surface area contributed by atoms with Crippen LogP contribution in [0.15, 0.2) is 60.7 Å². The van der Waals surface area contributed by atoms with Crippen LogP contribution in [0.25, 0.3) is 0 Å². The molecule has 2 aromatic carbocycles. The molecule has 1 fully saturated rings. The van der Waals surface area contributed by atoms with Crippen LogP contribution in [0.4, 0.5) is 0 Å². The van der Waals surface area contributed by atoms with Crippen LogP contribution in [0.2, 0.25) is 18.1 Å². The molecule has 0 saturated carbocycles. The lowest BCUT2D eigenvalue weighted by molar-refractivity contribution is -0.292. The lowest BCUT2D eigenvalue weighted by Crippen LogP contribution is -2.61. The van der Waals surface area contributed by atoms with Crippen molar-refractivity contribution in [1.29, 1.82) is 0 Å². The number of benzene rings is 2. The normalized spacial score (nSPS) is 26.8. The zero-order valence-electron chi connectivity index (χ0n) is 20.2. The average Bonchev–Trinajstić information content (AvgIpc) is 2.74. The molecule has 1 aliphatic heterocycles. The van der Waals surface area contributed by atoms with Crippen LogP contribution in [0.5, 0.6) is 0 Å². The zero-order valence-corrected chi connectivity index (χ0v) is 21.2. The highest BCUT2D eigenvalue weighted by Crippen LogP contribution is 2.39. The summed E-state index contributed by atoms with van der Waals surface area (Å²) in [6, 6.07) is 20.0. The minimum atomic E-state index is -2.15. The van der Waals surface area contributed by atoms with Gasteiger partial charge in [-0.15, -0.1) is 0 Å². The molecule has 3 rings (SSSR count). The molecule has 1 saturated heterocycles. The summed E-state index contributed by atoms with van der Waals surface area (Å²) < 4.78 is 25.1. The predicted molar refractivity (Wildman–Crippen MR) is 129 cm³/mol. The number of ether oxygens (including phenoxy) is 3. The van der Waals surface area contributed by atoms with Crippen LogP contribution in [0, 0.1) is 0 Å². The quantitative estimate of drug-likeness (QED) is 0.545. The fourth-order valence-electron chi connectivity index (χ4n) is 3.51. The van der Waals surface area contributed by atoms with Crippen molar-refractivity contribution in [3.8, 4) is 0 Å². The van der Waals surface area contributed by atoms with E-state index in [2.05, 4.69) is 33.9 Å². The summed E-state index contributed by atoms with van der Waals surface area (Å²) in [5.41, 5.74) is 2.11. The Morgan fingerprint density at radius 2 is 1.31 bits per heavy atom. The SMILES string of the molecule is C[C@H]1O[C@@H](O[Si](C)(C)C(C)(C)C)[C@H](O)[C@@H](OCc2ccccc2)[C@@H]1OCc1ccccc1.